The molecule has 1 aromatic carbocycles. The van der Waals surface area contributed by atoms with Crippen LogP contribution in [0.2, 0.25) is 0 Å². The Morgan fingerprint density at radius 2 is 2.00 bits per heavy atom. The van der Waals surface area contributed by atoms with Gasteiger partial charge in [0.15, 0.2) is 0 Å². The third-order valence-electron chi connectivity index (χ3n) is 4.31. The molecule has 110 valence electrons. The van der Waals surface area contributed by atoms with Crippen molar-refractivity contribution in [2.24, 2.45) is 0 Å². The van der Waals surface area contributed by atoms with E-state index in [0.717, 1.165) is 30.9 Å². The molecule has 1 aliphatic heterocycles. The van der Waals surface area contributed by atoms with Gasteiger partial charge in [0.25, 0.3) is 0 Å². The SMILES string of the molecule is O=C(O)C1(c2ccccc2)CCN(Cc2cscn2)CC1. The molecule has 4 nitrogen and oxygen atoms in total. The third kappa shape index (κ3) is 2.84. The second-order valence-electron chi connectivity index (χ2n) is 5.51. The number of aliphatic carboxylic acids is 1. The Bertz CT molecular complexity index is 590. The zero-order chi connectivity index (χ0) is 14.7. The molecule has 1 fully saturated rings. The molecule has 1 saturated heterocycles. The maximum Gasteiger partial charge on any atom is 0.314 e. The second-order valence-corrected chi connectivity index (χ2v) is 6.23. The van der Waals surface area contributed by atoms with Gasteiger partial charge in [-0.25, -0.2) is 4.98 Å². The Balaban J connectivity index is 1.73. The lowest BCUT2D eigenvalue weighted by Gasteiger charge is -2.39. The van der Waals surface area contributed by atoms with Gasteiger partial charge in [0.1, 0.15) is 0 Å². The molecule has 0 radical (unpaired) electrons. The number of carbonyl (C=O) groups is 1. The first-order chi connectivity index (χ1) is 10.2. The van der Waals surface area contributed by atoms with E-state index in [4.69, 9.17) is 0 Å². The van der Waals surface area contributed by atoms with Crippen LogP contribution in [0.5, 0.6) is 0 Å². The van der Waals surface area contributed by atoms with Crippen LogP contribution < -0.4 is 0 Å². The van der Waals surface area contributed by atoms with Crippen molar-refractivity contribution >= 4 is 17.3 Å². The number of carboxylic acid groups (broad SMARTS) is 1. The first kappa shape index (κ1) is 14.2. The molecule has 2 aromatic rings. The fraction of sp³-hybridized carbons (Fsp3) is 0.375. The lowest BCUT2D eigenvalue weighted by Crippen LogP contribution is -2.47. The van der Waals surface area contributed by atoms with Crippen molar-refractivity contribution in [1.82, 2.24) is 9.88 Å². The van der Waals surface area contributed by atoms with Gasteiger partial charge < -0.3 is 5.11 Å². The molecular weight excluding hydrogens is 284 g/mol. The zero-order valence-electron chi connectivity index (χ0n) is 11.7. The molecule has 0 bridgehead atoms. The summed E-state index contributed by atoms with van der Waals surface area (Å²) in [6.07, 6.45) is 1.30. The molecule has 0 amide bonds. The average molecular weight is 302 g/mol. The van der Waals surface area contributed by atoms with E-state index in [1.165, 1.54) is 0 Å². The summed E-state index contributed by atoms with van der Waals surface area (Å²) in [5.41, 5.74) is 3.10. The number of rotatable bonds is 4. The van der Waals surface area contributed by atoms with E-state index >= 15 is 0 Å². The highest BCUT2D eigenvalue weighted by atomic mass is 32.1. The number of hydrogen-bond donors (Lipinski definition) is 1. The summed E-state index contributed by atoms with van der Waals surface area (Å²) in [6, 6.07) is 9.63. The van der Waals surface area contributed by atoms with E-state index < -0.39 is 11.4 Å². The summed E-state index contributed by atoms with van der Waals surface area (Å²) in [7, 11) is 0. The number of hydrogen-bond acceptors (Lipinski definition) is 4. The Morgan fingerprint density at radius 3 is 2.57 bits per heavy atom. The summed E-state index contributed by atoms with van der Waals surface area (Å²) in [5, 5.41) is 11.8. The molecule has 0 atom stereocenters. The van der Waals surface area contributed by atoms with Gasteiger partial charge in [0, 0.05) is 11.9 Å². The Labute approximate surface area is 128 Å². The van der Waals surface area contributed by atoms with Gasteiger partial charge in [0.2, 0.25) is 0 Å². The third-order valence-corrected chi connectivity index (χ3v) is 4.95. The van der Waals surface area contributed by atoms with Crippen molar-refractivity contribution in [2.45, 2.75) is 24.8 Å². The number of aromatic nitrogens is 1. The standard InChI is InChI=1S/C16H18N2O2S/c19-15(20)16(13-4-2-1-3-5-13)6-8-18(9-7-16)10-14-11-21-12-17-14/h1-5,11-12H,6-10H2,(H,19,20). The molecule has 0 saturated carbocycles. The summed E-state index contributed by atoms with van der Waals surface area (Å²) in [6.45, 7) is 2.39. The fourth-order valence-electron chi connectivity index (χ4n) is 3.02. The number of benzene rings is 1. The molecular formula is C16H18N2O2S. The maximum absolute atomic E-state index is 11.9. The monoisotopic (exact) mass is 302 g/mol. The second kappa shape index (κ2) is 5.95. The quantitative estimate of drug-likeness (QED) is 0.943. The van der Waals surface area contributed by atoms with Crippen LogP contribution in [0.15, 0.2) is 41.2 Å². The molecule has 5 heteroatoms. The zero-order valence-corrected chi connectivity index (χ0v) is 12.6. The van der Waals surface area contributed by atoms with Crippen LogP contribution in [-0.4, -0.2) is 34.0 Å². The molecule has 3 rings (SSSR count). The molecule has 2 heterocycles. The molecule has 1 N–H and O–H groups in total. The van der Waals surface area contributed by atoms with Crippen LogP contribution in [0.25, 0.3) is 0 Å². The molecule has 0 unspecified atom stereocenters. The molecule has 0 spiro atoms. The molecule has 0 aliphatic carbocycles. The summed E-state index contributed by atoms with van der Waals surface area (Å²) in [5.74, 6) is -0.706. The lowest BCUT2D eigenvalue weighted by molar-refractivity contribution is -0.146. The van der Waals surface area contributed by atoms with Gasteiger partial charge in [-0.2, -0.15) is 0 Å². The predicted octanol–water partition coefficient (Wildman–Crippen LogP) is 2.76. The minimum absolute atomic E-state index is 0.649. The minimum atomic E-state index is -0.736. The highest BCUT2D eigenvalue weighted by molar-refractivity contribution is 7.07. The van der Waals surface area contributed by atoms with Crippen LogP contribution in [0.1, 0.15) is 24.1 Å². The number of piperidine rings is 1. The predicted molar refractivity (Wildman–Crippen MR) is 82.4 cm³/mol. The highest BCUT2D eigenvalue weighted by Gasteiger charge is 2.42. The normalized spacial score (nSPS) is 18.5. The number of carboxylic acids is 1. The first-order valence-electron chi connectivity index (χ1n) is 7.09. The minimum Gasteiger partial charge on any atom is -0.481 e. The Hall–Kier alpha value is -1.72. The van der Waals surface area contributed by atoms with Gasteiger partial charge >= 0.3 is 5.97 Å². The highest BCUT2D eigenvalue weighted by Crippen LogP contribution is 2.36. The smallest absolute Gasteiger partial charge is 0.314 e. The van der Waals surface area contributed by atoms with Crippen LogP contribution in [0.3, 0.4) is 0 Å². The first-order valence-corrected chi connectivity index (χ1v) is 8.03. The lowest BCUT2D eigenvalue weighted by atomic mass is 9.73. The van der Waals surface area contributed by atoms with Crippen molar-refractivity contribution in [1.29, 1.82) is 0 Å². The molecule has 21 heavy (non-hydrogen) atoms. The topological polar surface area (TPSA) is 53.4 Å². The van der Waals surface area contributed by atoms with Crippen LogP contribution >= 0.6 is 11.3 Å². The van der Waals surface area contributed by atoms with Crippen molar-refractivity contribution in [3.8, 4) is 0 Å². The fourth-order valence-corrected chi connectivity index (χ4v) is 3.57. The summed E-state index contributed by atoms with van der Waals surface area (Å²) < 4.78 is 0. The number of thiazole rings is 1. The van der Waals surface area contributed by atoms with Gasteiger partial charge in [-0.05, 0) is 31.5 Å². The van der Waals surface area contributed by atoms with Crippen LogP contribution in [0.4, 0.5) is 0 Å². The summed E-state index contributed by atoms with van der Waals surface area (Å²) in [4.78, 5) is 18.5. The van der Waals surface area contributed by atoms with Crippen LogP contribution in [-0.2, 0) is 16.8 Å². The van der Waals surface area contributed by atoms with Gasteiger partial charge in [-0.15, -0.1) is 11.3 Å². The Kier molecular flexibility index (Phi) is 4.03. The molecule has 1 aliphatic rings. The van der Waals surface area contributed by atoms with E-state index in [1.807, 2.05) is 35.8 Å². The largest absolute Gasteiger partial charge is 0.481 e. The van der Waals surface area contributed by atoms with E-state index in [2.05, 4.69) is 15.3 Å². The maximum atomic E-state index is 11.9. The van der Waals surface area contributed by atoms with E-state index in [1.54, 1.807) is 11.3 Å². The van der Waals surface area contributed by atoms with E-state index in [9.17, 15) is 9.90 Å². The van der Waals surface area contributed by atoms with E-state index in [0.29, 0.717) is 12.8 Å². The van der Waals surface area contributed by atoms with Gasteiger partial charge in [-0.1, -0.05) is 30.3 Å². The number of likely N-dealkylation sites (tertiary alicyclic amines) is 1. The van der Waals surface area contributed by atoms with Gasteiger partial charge in [0.05, 0.1) is 16.6 Å². The van der Waals surface area contributed by atoms with Crippen LogP contribution in [0, 0.1) is 0 Å². The van der Waals surface area contributed by atoms with Crippen molar-refractivity contribution in [2.75, 3.05) is 13.1 Å². The number of nitrogens with zero attached hydrogens (tertiary/aromatic N) is 2. The van der Waals surface area contributed by atoms with E-state index in [-0.39, 0.29) is 0 Å². The Morgan fingerprint density at radius 1 is 1.29 bits per heavy atom. The van der Waals surface area contributed by atoms with Gasteiger partial charge in [-0.3, -0.25) is 9.69 Å². The average Bonchev–Trinajstić information content (AvgIpc) is 3.02. The van der Waals surface area contributed by atoms with Crippen molar-refractivity contribution < 1.29 is 9.90 Å². The molecule has 1 aromatic heterocycles. The van der Waals surface area contributed by atoms with Crippen molar-refractivity contribution in [3.05, 3.63) is 52.5 Å². The summed E-state index contributed by atoms with van der Waals surface area (Å²) >= 11 is 1.60. The van der Waals surface area contributed by atoms with Crippen molar-refractivity contribution in [3.63, 3.8) is 0 Å².